The Balaban J connectivity index is 2.12. The minimum Gasteiger partial charge on any atom is -0.327 e. The number of benzene rings is 1. The van der Waals surface area contributed by atoms with Gasteiger partial charge in [0.1, 0.15) is 0 Å². The number of nitrogens with two attached hydrogens (primary N) is 1. The van der Waals surface area contributed by atoms with E-state index < -0.39 is 0 Å². The van der Waals surface area contributed by atoms with E-state index in [1.807, 2.05) is 30.5 Å². The van der Waals surface area contributed by atoms with E-state index in [2.05, 4.69) is 26.1 Å². The van der Waals surface area contributed by atoms with Gasteiger partial charge in [-0.25, -0.2) is 0 Å². The minimum atomic E-state index is -0.0706. The molecule has 3 N–H and O–H groups in total. The van der Waals surface area contributed by atoms with Crippen molar-refractivity contribution in [1.82, 2.24) is 0 Å². The summed E-state index contributed by atoms with van der Waals surface area (Å²) in [5.41, 5.74) is 6.98. The highest BCUT2D eigenvalue weighted by Crippen LogP contribution is 2.44. The van der Waals surface area contributed by atoms with E-state index in [0.29, 0.717) is 5.92 Å². The molecular weight excluding hydrogens is 280 g/mol. The highest BCUT2D eigenvalue weighted by Gasteiger charge is 2.44. The molecule has 1 aromatic rings. The van der Waals surface area contributed by atoms with Crippen molar-refractivity contribution in [2.75, 3.05) is 11.6 Å². The van der Waals surface area contributed by atoms with Crippen LogP contribution < -0.4 is 11.1 Å². The third-order valence-electron chi connectivity index (χ3n) is 5.16. The molecule has 3 nitrogen and oxygen atoms in total. The molecule has 1 amide bonds. The third-order valence-corrected chi connectivity index (χ3v) is 5.88. The zero-order valence-corrected chi connectivity index (χ0v) is 14.2. The Morgan fingerprint density at radius 1 is 1.38 bits per heavy atom. The van der Waals surface area contributed by atoms with Crippen LogP contribution in [0.4, 0.5) is 5.69 Å². The number of thioether (sulfide) groups is 1. The van der Waals surface area contributed by atoms with Gasteiger partial charge in [-0.3, -0.25) is 4.79 Å². The van der Waals surface area contributed by atoms with E-state index in [1.54, 1.807) is 11.8 Å². The first kappa shape index (κ1) is 16.4. The van der Waals surface area contributed by atoms with Crippen molar-refractivity contribution in [2.24, 2.45) is 23.0 Å². The molecule has 1 saturated carbocycles. The molecule has 3 atom stereocenters. The largest absolute Gasteiger partial charge is 0.327 e. The number of nitrogens with one attached hydrogen (secondary N) is 1. The molecular formula is C17H26N2OS. The first-order valence-corrected chi connectivity index (χ1v) is 8.79. The second kappa shape index (κ2) is 6.41. The predicted octanol–water partition coefficient (Wildman–Crippen LogP) is 3.75. The smallest absolute Gasteiger partial charge is 0.228 e. The van der Waals surface area contributed by atoms with E-state index in [4.69, 9.17) is 5.73 Å². The molecule has 0 aromatic heterocycles. The number of amides is 1. The SMILES string of the molecule is CSc1cccc(NC(=O)C2CCC(N)C(C)C2(C)C)c1. The Bertz CT molecular complexity index is 515. The summed E-state index contributed by atoms with van der Waals surface area (Å²) >= 11 is 1.68. The summed E-state index contributed by atoms with van der Waals surface area (Å²) in [4.78, 5) is 13.8. The van der Waals surface area contributed by atoms with Crippen molar-refractivity contribution >= 4 is 23.4 Å². The third kappa shape index (κ3) is 3.43. The van der Waals surface area contributed by atoms with Crippen LogP contribution in [0.1, 0.15) is 33.6 Å². The summed E-state index contributed by atoms with van der Waals surface area (Å²) in [7, 11) is 0. The average Bonchev–Trinajstić information content (AvgIpc) is 2.45. The summed E-state index contributed by atoms with van der Waals surface area (Å²) in [5, 5.41) is 3.08. The zero-order chi connectivity index (χ0) is 15.6. The molecule has 2 rings (SSSR count). The van der Waals surface area contributed by atoms with Gasteiger partial charge in [0.2, 0.25) is 5.91 Å². The maximum Gasteiger partial charge on any atom is 0.228 e. The fourth-order valence-corrected chi connectivity index (χ4v) is 3.71. The number of carbonyl (C=O) groups is 1. The minimum absolute atomic E-state index is 0.0187. The van der Waals surface area contributed by atoms with Crippen LogP contribution in [0.3, 0.4) is 0 Å². The molecule has 0 aliphatic heterocycles. The molecule has 1 aliphatic carbocycles. The zero-order valence-electron chi connectivity index (χ0n) is 13.3. The Labute approximate surface area is 132 Å². The van der Waals surface area contributed by atoms with Crippen LogP contribution in [0.25, 0.3) is 0 Å². The monoisotopic (exact) mass is 306 g/mol. The quantitative estimate of drug-likeness (QED) is 0.836. The van der Waals surface area contributed by atoms with Crippen LogP contribution in [-0.4, -0.2) is 18.2 Å². The van der Waals surface area contributed by atoms with Gasteiger partial charge in [0.15, 0.2) is 0 Å². The molecule has 116 valence electrons. The maximum atomic E-state index is 12.7. The topological polar surface area (TPSA) is 55.1 Å². The molecule has 3 unspecified atom stereocenters. The second-order valence-corrected chi connectivity index (χ2v) is 7.50. The lowest BCUT2D eigenvalue weighted by atomic mass is 9.61. The van der Waals surface area contributed by atoms with E-state index in [-0.39, 0.29) is 23.3 Å². The van der Waals surface area contributed by atoms with Crippen molar-refractivity contribution in [3.63, 3.8) is 0 Å². The first-order valence-electron chi connectivity index (χ1n) is 7.56. The summed E-state index contributed by atoms with van der Waals surface area (Å²) in [6, 6.07) is 8.19. The molecule has 0 saturated heterocycles. The molecule has 0 spiro atoms. The van der Waals surface area contributed by atoms with Gasteiger partial charge in [0.25, 0.3) is 0 Å². The van der Waals surface area contributed by atoms with Crippen LogP contribution in [0.5, 0.6) is 0 Å². The maximum absolute atomic E-state index is 12.7. The van der Waals surface area contributed by atoms with Crippen LogP contribution in [0.15, 0.2) is 29.2 Å². The molecule has 1 aromatic carbocycles. The van der Waals surface area contributed by atoms with Gasteiger partial charge in [-0.1, -0.05) is 26.8 Å². The van der Waals surface area contributed by atoms with Crippen LogP contribution in [-0.2, 0) is 4.79 Å². The van der Waals surface area contributed by atoms with Gasteiger partial charge in [-0.15, -0.1) is 11.8 Å². The average molecular weight is 306 g/mol. The molecule has 0 heterocycles. The van der Waals surface area contributed by atoms with Gasteiger partial charge >= 0.3 is 0 Å². The fourth-order valence-electron chi connectivity index (χ4n) is 3.25. The molecule has 1 aliphatic rings. The number of carbonyl (C=O) groups excluding carboxylic acids is 1. The van der Waals surface area contributed by atoms with Crippen LogP contribution in [0.2, 0.25) is 0 Å². The molecule has 0 bridgehead atoms. The Morgan fingerprint density at radius 3 is 2.76 bits per heavy atom. The Kier molecular flexibility index (Phi) is 4.99. The summed E-state index contributed by atoms with van der Waals surface area (Å²) in [5.74, 6) is 0.488. The van der Waals surface area contributed by atoms with Crippen molar-refractivity contribution in [3.8, 4) is 0 Å². The lowest BCUT2D eigenvalue weighted by molar-refractivity contribution is -0.127. The van der Waals surface area contributed by atoms with Crippen molar-refractivity contribution in [3.05, 3.63) is 24.3 Å². The first-order chi connectivity index (χ1) is 9.86. The number of anilines is 1. The summed E-state index contributed by atoms with van der Waals surface area (Å²) in [6.07, 6.45) is 3.83. The van der Waals surface area contributed by atoms with Crippen LogP contribution in [0, 0.1) is 17.3 Å². The van der Waals surface area contributed by atoms with Gasteiger partial charge in [-0.2, -0.15) is 0 Å². The number of rotatable bonds is 3. The normalized spacial score (nSPS) is 28.1. The molecule has 4 heteroatoms. The predicted molar refractivity (Wildman–Crippen MR) is 90.5 cm³/mol. The van der Waals surface area contributed by atoms with Gasteiger partial charge in [0, 0.05) is 22.5 Å². The van der Waals surface area contributed by atoms with E-state index in [1.165, 1.54) is 0 Å². The molecule has 1 fully saturated rings. The summed E-state index contributed by atoms with van der Waals surface area (Å²) < 4.78 is 0. The lowest BCUT2D eigenvalue weighted by Gasteiger charge is -2.46. The van der Waals surface area contributed by atoms with Crippen molar-refractivity contribution in [2.45, 2.75) is 44.6 Å². The standard InChI is InChI=1S/C17H26N2OS/c1-11-15(18)9-8-14(17(11,2)3)16(20)19-12-6-5-7-13(10-12)21-4/h5-7,10-11,14-15H,8-9,18H2,1-4H3,(H,19,20). The van der Waals surface area contributed by atoms with E-state index in [0.717, 1.165) is 23.4 Å². The van der Waals surface area contributed by atoms with Gasteiger partial charge in [0.05, 0.1) is 0 Å². The second-order valence-electron chi connectivity index (χ2n) is 6.63. The van der Waals surface area contributed by atoms with Crippen LogP contribution >= 0.6 is 11.8 Å². The number of hydrogen-bond acceptors (Lipinski definition) is 3. The van der Waals surface area contributed by atoms with Gasteiger partial charge in [-0.05, 0) is 48.6 Å². The van der Waals surface area contributed by atoms with Gasteiger partial charge < -0.3 is 11.1 Å². The number of hydrogen-bond donors (Lipinski definition) is 2. The fraction of sp³-hybridized carbons (Fsp3) is 0.588. The Hall–Kier alpha value is -1.00. The molecule has 21 heavy (non-hydrogen) atoms. The Morgan fingerprint density at radius 2 is 2.10 bits per heavy atom. The van der Waals surface area contributed by atoms with Crippen molar-refractivity contribution < 1.29 is 4.79 Å². The highest BCUT2D eigenvalue weighted by atomic mass is 32.2. The lowest BCUT2D eigenvalue weighted by Crippen LogP contribution is -2.50. The highest BCUT2D eigenvalue weighted by molar-refractivity contribution is 7.98. The van der Waals surface area contributed by atoms with E-state index in [9.17, 15) is 4.79 Å². The van der Waals surface area contributed by atoms with Crippen molar-refractivity contribution in [1.29, 1.82) is 0 Å². The van der Waals surface area contributed by atoms with E-state index >= 15 is 0 Å². The molecule has 0 radical (unpaired) electrons. The summed E-state index contributed by atoms with van der Waals surface area (Å²) in [6.45, 7) is 6.50.